The minimum absolute atomic E-state index is 0.0649. The van der Waals surface area contributed by atoms with Gasteiger partial charge in [-0.15, -0.1) is 0 Å². The maximum Gasteiger partial charge on any atom is 0.412 e. The van der Waals surface area contributed by atoms with Crippen LogP contribution in [0.25, 0.3) is 0 Å². The van der Waals surface area contributed by atoms with E-state index in [1.165, 1.54) is 53.4 Å². The van der Waals surface area contributed by atoms with Crippen LogP contribution >= 0.6 is 12.6 Å². The summed E-state index contributed by atoms with van der Waals surface area (Å²) in [7, 11) is 0. The third-order valence-electron chi connectivity index (χ3n) is 6.66. The van der Waals surface area contributed by atoms with Gasteiger partial charge in [-0.1, -0.05) is 0 Å². The van der Waals surface area contributed by atoms with Crippen molar-refractivity contribution in [2.45, 2.75) is 43.9 Å². The van der Waals surface area contributed by atoms with E-state index in [0.717, 1.165) is 0 Å². The van der Waals surface area contributed by atoms with Crippen molar-refractivity contribution in [2.24, 2.45) is 4.99 Å². The molecule has 0 bridgehead atoms. The summed E-state index contributed by atoms with van der Waals surface area (Å²) < 4.78 is 10.5. The molecule has 2 aliphatic rings. The summed E-state index contributed by atoms with van der Waals surface area (Å²) in [4.78, 5) is 65.8. The molecular weight excluding hydrogens is 572 g/mol. The second kappa shape index (κ2) is 13.3. The van der Waals surface area contributed by atoms with E-state index in [4.69, 9.17) is 9.47 Å². The van der Waals surface area contributed by atoms with Gasteiger partial charge in [-0.3, -0.25) is 40.2 Å². The molecule has 2 saturated heterocycles. The number of aliphatic imine (C=N–C) groups is 1. The number of carbonyl (C=O) groups is 3. The quantitative estimate of drug-likeness (QED) is 0.151. The Balaban J connectivity index is 1.22. The highest BCUT2D eigenvalue weighted by atomic mass is 32.1. The molecule has 4 rings (SSSR count). The number of nitrogens with one attached hydrogen (secondary N) is 1. The van der Waals surface area contributed by atoms with Gasteiger partial charge < -0.3 is 14.4 Å². The van der Waals surface area contributed by atoms with Gasteiger partial charge >= 0.3 is 12.2 Å². The predicted octanol–water partition coefficient (Wildman–Crippen LogP) is 3.07. The number of non-ortho nitro benzene ring substituents is 2. The SMILES string of the molecule is CC(=NC1CN(C(=O)[C@@H]2C[C@H](S)CN2C(=O)OCc2ccc([N+](=O)[O-])cc2)C1)NC(=O)OCc1ccc([N+](=O)[O-])cc1. The lowest BCUT2D eigenvalue weighted by atomic mass is 10.1. The number of benzene rings is 2. The molecule has 222 valence electrons. The lowest BCUT2D eigenvalue weighted by molar-refractivity contribution is -0.385. The second-order valence-electron chi connectivity index (χ2n) is 9.77. The summed E-state index contributed by atoms with van der Waals surface area (Å²) in [6.45, 7) is 2.24. The van der Waals surface area contributed by atoms with Crippen molar-refractivity contribution in [1.82, 2.24) is 15.1 Å². The van der Waals surface area contributed by atoms with Gasteiger partial charge in [0, 0.05) is 49.1 Å². The fourth-order valence-corrected chi connectivity index (χ4v) is 4.85. The summed E-state index contributed by atoms with van der Waals surface area (Å²) >= 11 is 4.45. The number of hydrogen-bond donors (Lipinski definition) is 2. The Labute approximate surface area is 245 Å². The van der Waals surface area contributed by atoms with Crippen molar-refractivity contribution in [3.8, 4) is 0 Å². The Morgan fingerprint density at radius 3 is 1.98 bits per heavy atom. The molecule has 0 radical (unpaired) electrons. The molecule has 2 aromatic carbocycles. The van der Waals surface area contributed by atoms with E-state index in [1.807, 2.05) is 0 Å². The number of nitro groups is 2. The maximum absolute atomic E-state index is 13.2. The standard InChI is InChI=1S/C26H28N6O9S/c1-16(28-25(34)40-14-17-2-6-20(7-3-17)31(36)37)27-19-11-29(12-19)24(33)23-10-22(42)13-30(23)26(35)41-15-18-4-8-21(9-5-18)32(38)39/h2-9,19,22-23,42H,10-15H2,1H3,(H,27,28,34)/t22-,23-/m0/s1. The van der Waals surface area contributed by atoms with E-state index in [9.17, 15) is 34.6 Å². The topological polar surface area (TPSA) is 187 Å². The molecule has 15 nitrogen and oxygen atoms in total. The number of amides is 3. The summed E-state index contributed by atoms with van der Waals surface area (Å²) in [5, 5.41) is 23.8. The number of ether oxygens (including phenoxy) is 2. The van der Waals surface area contributed by atoms with Crippen LogP contribution in [0.3, 0.4) is 0 Å². The molecule has 0 aromatic heterocycles. The van der Waals surface area contributed by atoms with Crippen molar-refractivity contribution in [1.29, 1.82) is 0 Å². The first kappa shape index (κ1) is 30.2. The fraction of sp³-hybridized carbons (Fsp3) is 0.385. The van der Waals surface area contributed by atoms with Crippen LogP contribution in [-0.2, 0) is 27.5 Å². The van der Waals surface area contributed by atoms with Gasteiger partial charge in [0.25, 0.3) is 11.4 Å². The van der Waals surface area contributed by atoms with Crippen LogP contribution < -0.4 is 5.32 Å². The minimum Gasteiger partial charge on any atom is -0.445 e. The molecule has 2 aromatic rings. The van der Waals surface area contributed by atoms with Crippen molar-refractivity contribution in [3.63, 3.8) is 0 Å². The van der Waals surface area contributed by atoms with Gasteiger partial charge in [-0.2, -0.15) is 12.6 Å². The molecule has 42 heavy (non-hydrogen) atoms. The van der Waals surface area contributed by atoms with Crippen LogP contribution in [0.4, 0.5) is 21.0 Å². The van der Waals surface area contributed by atoms with Gasteiger partial charge in [0.1, 0.15) is 25.1 Å². The van der Waals surface area contributed by atoms with Crippen LogP contribution in [0.1, 0.15) is 24.5 Å². The molecule has 3 amide bonds. The van der Waals surface area contributed by atoms with E-state index in [2.05, 4.69) is 22.9 Å². The number of thiol groups is 1. The minimum atomic E-state index is -0.740. The third kappa shape index (κ3) is 7.72. The zero-order valence-electron chi connectivity index (χ0n) is 22.5. The zero-order chi connectivity index (χ0) is 30.4. The lowest BCUT2D eigenvalue weighted by Crippen LogP contribution is -2.58. The maximum atomic E-state index is 13.2. The third-order valence-corrected chi connectivity index (χ3v) is 7.03. The van der Waals surface area contributed by atoms with Gasteiger partial charge in [0.05, 0.1) is 15.9 Å². The van der Waals surface area contributed by atoms with Crippen molar-refractivity contribution >= 4 is 47.9 Å². The average molecular weight is 601 g/mol. The first-order chi connectivity index (χ1) is 20.0. The molecule has 16 heteroatoms. The Hall–Kier alpha value is -4.73. The van der Waals surface area contributed by atoms with E-state index in [1.54, 1.807) is 11.8 Å². The van der Waals surface area contributed by atoms with Crippen molar-refractivity contribution in [2.75, 3.05) is 19.6 Å². The molecule has 0 spiro atoms. The smallest absolute Gasteiger partial charge is 0.412 e. The normalized spacial score (nSPS) is 18.7. The molecule has 1 N–H and O–H groups in total. The number of likely N-dealkylation sites (tertiary alicyclic amines) is 2. The molecular formula is C26H28N6O9S. The van der Waals surface area contributed by atoms with Crippen LogP contribution in [0.5, 0.6) is 0 Å². The Bertz CT molecular complexity index is 1380. The number of hydrogen-bond acceptors (Lipinski definition) is 11. The largest absolute Gasteiger partial charge is 0.445 e. The summed E-state index contributed by atoms with van der Waals surface area (Å²) in [5.74, 6) is 0.0481. The van der Waals surface area contributed by atoms with Gasteiger partial charge in [-0.05, 0) is 48.7 Å². The van der Waals surface area contributed by atoms with E-state index < -0.39 is 28.1 Å². The molecule has 2 fully saturated rings. The molecule has 0 aliphatic carbocycles. The number of nitro benzene ring substituents is 2. The van der Waals surface area contributed by atoms with Crippen LogP contribution in [0.2, 0.25) is 0 Å². The molecule has 2 heterocycles. The van der Waals surface area contributed by atoms with E-state index in [0.29, 0.717) is 36.5 Å². The van der Waals surface area contributed by atoms with Crippen molar-refractivity contribution < 1.29 is 33.7 Å². The first-order valence-electron chi connectivity index (χ1n) is 12.8. The molecule has 0 unspecified atom stereocenters. The highest BCUT2D eigenvalue weighted by molar-refractivity contribution is 7.81. The Kier molecular flexibility index (Phi) is 9.57. The number of amidine groups is 1. The summed E-state index contributed by atoms with van der Waals surface area (Å²) in [6, 6.07) is 10.3. The average Bonchev–Trinajstić information content (AvgIpc) is 3.34. The van der Waals surface area contributed by atoms with Gasteiger partial charge in [0.15, 0.2) is 0 Å². The monoisotopic (exact) mass is 600 g/mol. The first-order valence-corrected chi connectivity index (χ1v) is 13.4. The van der Waals surface area contributed by atoms with Crippen LogP contribution in [-0.4, -0.2) is 80.5 Å². The number of rotatable bonds is 8. The molecule has 2 atom stereocenters. The van der Waals surface area contributed by atoms with E-state index in [-0.39, 0.29) is 48.3 Å². The van der Waals surface area contributed by atoms with Gasteiger partial charge in [0.2, 0.25) is 5.91 Å². The Morgan fingerprint density at radius 2 is 1.45 bits per heavy atom. The second-order valence-corrected chi connectivity index (χ2v) is 10.5. The molecule has 2 aliphatic heterocycles. The summed E-state index contributed by atoms with van der Waals surface area (Å²) in [6.07, 6.45) is -1.05. The number of nitrogens with zero attached hydrogens (tertiary/aromatic N) is 5. The zero-order valence-corrected chi connectivity index (χ0v) is 23.3. The van der Waals surface area contributed by atoms with E-state index >= 15 is 0 Å². The number of alkyl carbamates (subject to hydrolysis) is 1. The Morgan fingerprint density at radius 1 is 0.929 bits per heavy atom. The van der Waals surface area contributed by atoms with Crippen LogP contribution in [0, 0.1) is 20.2 Å². The fourth-order valence-electron chi connectivity index (χ4n) is 4.47. The highest BCUT2D eigenvalue weighted by Crippen LogP contribution is 2.27. The summed E-state index contributed by atoms with van der Waals surface area (Å²) in [5.41, 5.74) is 1.01. The predicted molar refractivity (Wildman–Crippen MR) is 151 cm³/mol. The lowest BCUT2D eigenvalue weighted by Gasteiger charge is -2.39. The highest BCUT2D eigenvalue weighted by Gasteiger charge is 2.44. The molecule has 0 saturated carbocycles. The van der Waals surface area contributed by atoms with Crippen molar-refractivity contribution in [3.05, 3.63) is 79.9 Å². The van der Waals surface area contributed by atoms with Gasteiger partial charge in [-0.25, -0.2) is 9.59 Å². The number of carbonyl (C=O) groups excluding carboxylic acids is 3. The van der Waals surface area contributed by atoms with Crippen LogP contribution in [0.15, 0.2) is 53.5 Å².